The number of hydrogen-bond acceptors (Lipinski definition) is 3. The number of rotatable bonds is 5. The zero-order valence-electron chi connectivity index (χ0n) is 10.6. The van der Waals surface area contributed by atoms with Crippen LogP contribution in [-0.4, -0.2) is 48.7 Å². The number of likely N-dealkylation sites (N-methyl/N-ethyl adjacent to an activating group) is 1. The summed E-state index contributed by atoms with van der Waals surface area (Å²) in [4.78, 5) is 13.3. The standard InChI is InChI=1S/C12H24N2O2/c1-12(2,11(15)16)9-13-8-10-6-4-5-7-14(10)3/h10,13H,4-9H2,1-3H3,(H,15,16). The summed E-state index contributed by atoms with van der Waals surface area (Å²) < 4.78 is 0. The lowest BCUT2D eigenvalue weighted by Gasteiger charge is -2.33. The van der Waals surface area contributed by atoms with E-state index in [1.165, 1.54) is 19.3 Å². The zero-order valence-corrected chi connectivity index (χ0v) is 10.6. The van der Waals surface area contributed by atoms with Gasteiger partial charge in [0.15, 0.2) is 0 Å². The number of piperidine rings is 1. The van der Waals surface area contributed by atoms with Gasteiger partial charge in [0.1, 0.15) is 0 Å². The summed E-state index contributed by atoms with van der Waals surface area (Å²) in [6, 6.07) is 0.568. The van der Waals surface area contributed by atoms with Crippen molar-refractivity contribution in [2.75, 3.05) is 26.7 Å². The molecule has 1 unspecified atom stereocenters. The summed E-state index contributed by atoms with van der Waals surface area (Å²) >= 11 is 0. The fourth-order valence-electron chi connectivity index (χ4n) is 2.03. The molecule has 1 saturated heterocycles. The van der Waals surface area contributed by atoms with Crippen LogP contribution >= 0.6 is 0 Å². The molecule has 0 spiro atoms. The van der Waals surface area contributed by atoms with Crippen molar-refractivity contribution >= 4 is 5.97 Å². The topological polar surface area (TPSA) is 52.6 Å². The van der Waals surface area contributed by atoms with Crippen molar-refractivity contribution in [2.24, 2.45) is 5.41 Å². The molecule has 0 aromatic rings. The van der Waals surface area contributed by atoms with Crippen molar-refractivity contribution < 1.29 is 9.90 Å². The third kappa shape index (κ3) is 3.76. The zero-order chi connectivity index (χ0) is 12.2. The normalized spacial score (nSPS) is 23.3. The summed E-state index contributed by atoms with van der Waals surface area (Å²) in [6.45, 7) is 6.11. The van der Waals surface area contributed by atoms with Crippen LogP contribution in [-0.2, 0) is 4.79 Å². The lowest BCUT2D eigenvalue weighted by Crippen LogP contribution is -2.46. The molecule has 4 heteroatoms. The van der Waals surface area contributed by atoms with E-state index in [0.717, 1.165) is 13.1 Å². The van der Waals surface area contributed by atoms with Gasteiger partial charge in [-0.05, 0) is 40.3 Å². The molecule has 1 aliphatic heterocycles. The van der Waals surface area contributed by atoms with E-state index in [9.17, 15) is 4.79 Å². The molecular formula is C12H24N2O2. The Labute approximate surface area is 98.0 Å². The molecule has 1 fully saturated rings. The van der Waals surface area contributed by atoms with Crippen LogP contribution in [0.1, 0.15) is 33.1 Å². The maximum absolute atomic E-state index is 10.9. The molecule has 16 heavy (non-hydrogen) atoms. The van der Waals surface area contributed by atoms with Gasteiger partial charge in [-0.1, -0.05) is 6.42 Å². The van der Waals surface area contributed by atoms with Crippen LogP contribution in [0.2, 0.25) is 0 Å². The maximum Gasteiger partial charge on any atom is 0.310 e. The van der Waals surface area contributed by atoms with Crippen molar-refractivity contribution in [1.82, 2.24) is 10.2 Å². The summed E-state index contributed by atoms with van der Waals surface area (Å²) in [5.41, 5.74) is -0.673. The Morgan fingerprint density at radius 3 is 2.75 bits per heavy atom. The molecule has 0 aromatic carbocycles. The Morgan fingerprint density at radius 1 is 1.50 bits per heavy atom. The molecule has 1 aliphatic rings. The number of hydrogen-bond donors (Lipinski definition) is 2. The largest absolute Gasteiger partial charge is 0.481 e. The summed E-state index contributed by atoms with van der Waals surface area (Å²) in [7, 11) is 2.15. The van der Waals surface area contributed by atoms with Crippen molar-refractivity contribution in [1.29, 1.82) is 0 Å². The molecule has 0 aliphatic carbocycles. The van der Waals surface area contributed by atoms with E-state index in [4.69, 9.17) is 5.11 Å². The van der Waals surface area contributed by atoms with E-state index in [1.54, 1.807) is 13.8 Å². The number of nitrogens with zero attached hydrogens (tertiary/aromatic N) is 1. The lowest BCUT2D eigenvalue weighted by molar-refractivity contribution is -0.146. The average molecular weight is 228 g/mol. The first-order valence-electron chi connectivity index (χ1n) is 6.08. The Morgan fingerprint density at radius 2 is 2.19 bits per heavy atom. The number of carbonyl (C=O) groups is 1. The number of likely N-dealkylation sites (tertiary alicyclic amines) is 1. The van der Waals surface area contributed by atoms with Crippen molar-refractivity contribution in [3.8, 4) is 0 Å². The molecule has 0 amide bonds. The van der Waals surface area contributed by atoms with Gasteiger partial charge in [-0.3, -0.25) is 4.79 Å². The van der Waals surface area contributed by atoms with Gasteiger partial charge in [-0.15, -0.1) is 0 Å². The van der Waals surface area contributed by atoms with Gasteiger partial charge < -0.3 is 15.3 Å². The van der Waals surface area contributed by atoms with E-state index < -0.39 is 11.4 Å². The molecule has 2 N–H and O–H groups in total. The summed E-state index contributed by atoms with van der Waals surface area (Å²) in [6.07, 6.45) is 3.80. The number of carboxylic acid groups (broad SMARTS) is 1. The van der Waals surface area contributed by atoms with E-state index >= 15 is 0 Å². The smallest absolute Gasteiger partial charge is 0.310 e. The van der Waals surface area contributed by atoms with Gasteiger partial charge in [0.2, 0.25) is 0 Å². The van der Waals surface area contributed by atoms with Gasteiger partial charge in [-0.2, -0.15) is 0 Å². The average Bonchev–Trinajstić information content (AvgIpc) is 2.20. The Kier molecular flexibility index (Phi) is 4.74. The third-order valence-corrected chi connectivity index (χ3v) is 3.45. The first kappa shape index (κ1) is 13.5. The van der Waals surface area contributed by atoms with Crippen molar-refractivity contribution in [2.45, 2.75) is 39.2 Å². The van der Waals surface area contributed by atoms with Crippen LogP contribution in [0.15, 0.2) is 0 Å². The van der Waals surface area contributed by atoms with Crippen molar-refractivity contribution in [3.05, 3.63) is 0 Å². The second-order valence-corrected chi connectivity index (χ2v) is 5.45. The second-order valence-electron chi connectivity index (χ2n) is 5.45. The minimum absolute atomic E-state index is 0.534. The monoisotopic (exact) mass is 228 g/mol. The molecule has 0 radical (unpaired) electrons. The number of aliphatic carboxylic acids is 1. The van der Waals surface area contributed by atoms with Crippen LogP contribution in [0.5, 0.6) is 0 Å². The van der Waals surface area contributed by atoms with Crippen molar-refractivity contribution in [3.63, 3.8) is 0 Å². The number of carboxylic acids is 1. The molecule has 1 heterocycles. The third-order valence-electron chi connectivity index (χ3n) is 3.45. The highest BCUT2D eigenvalue weighted by Crippen LogP contribution is 2.16. The van der Waals surface area contributed by atoms with E-state index in [1.807, 2.05) is 0 Å². The fraction of sp³-hybridized carbons (Fsp3) is 0.917. The first-order chi connectivity index (χ1) is 7.43. The highest BCUT2D eigenvalue weighted by atomic mass is 16.4. The fourth-order valence-corrected chi connectivity index (χ4v) is 2.03. The number of nitrogens with one attached hydrogen (secondary N) is 1. The molecule has 4 nitrogen and oxygen atoms in total. The maximum atomic E-state index is 10.9. The molecular weight excluding hydrogens is 204 g/mol. The molecule has 1 rings (SSSR count). The van der Waals surface area contributed by atoms with Gasteiger partial charge in [0, 0.05) is 19.1 Å². The van der Waals surface area contributed by atoms with Crippen LogP contribution in [0.4, 0.5) is 0 Å². The van der Waals surface area contributed by atoms with Crippen LogP contribution < -0.4 is 5.32 Å². The Bertz CT molecular complexity index is 241. The van der Waals surface area contributed by atoms with E-state index in [2.05, 4.69) is 17.3 Å². The highest BCUT2D eigenvalue weighted by molar-refractivity contribution is 5.73. The predicted molar refractivity (Wildman–Crippen MR) is 64.6 cm³/mol. The summed E-state index contributed by atoms with van der Waals surface area (Å²) in [5.74, 6) is -0.739. The predicted octanol–water partition coefficient (Wildman–Crippen LogP) is 1.17. The Hall–Kier alpha value is -0.610. The summed E-state index contributed by atoms with van der Waals surface area (Å²) in [5, 5.41) is 12.3. The molecule has 1 atom stereocenters. The second kappa shape index (κ2) is 5.64. The van der Waals surface area contributed by atoms with Gasteiger partial charge in [0.25, 0.3) is 0 Å². The van der Waals surface area contributed by atoms with E-state index in [-0.39, 0.29) is 0 Å². The van der Waals surface area contributed by atoms with Gasteiger partial charge in [-0.25, -0.2) is 0 Å². The van der Waals surface area contributed by atoms with Gasteiger partial charge >= 0.3 is 5.97 Å². The highest BCUT2D eigenvalue weighted by Gasteiger charge is 2.27. The SMILES string of the molecule is CN1CCCCC1CNCC(C)(C)C(=O)O. The quantitative estimate of drug-likeness (QED) is 0.741. The van der Waals surface area contributed by atoms with Gasteiger partial charge in [0.05, 0.1) is 5.41 Å². The minimum Gasteiger partial charge on any atom is -0.481 e. The first-order valence-corrected chi connectivity index (χ1v) is 6.08. The minimum atomic E-state index is -0.739. The Balaban J connectivity index is 2.26. The van der Waals surface area contributed by atoms with E-state index in [0.29, 0.717) is 12.6 Å². The van der Waals surface area contributed by atoms with Crippen LogP contribution in [0.3, 0.4) is 0 Å². The van der Waals surface area contributed by atoms with Crippen LogP contribution in [0.25, 0.3) is 0 Å². The molecule has 94 valence electrons. The lowest BCUT2D eigenvalue weighted by atomic mass is 9.93. The molecule has 0 aromatic heterocycles. The molecule has 0 bridgehead atoms. The van der Waals surface area contributed by atoms with Crippen LogP contribution in [0, 0.1) is 5.41 Å². The molecule has 0 saturated carbocycles.